The van der Waals surface area contributed by atoms with Gasteiger partial charge in [0.15, 0.2) is 0 Å². The highest BCUT2D eigenvalue weighted by molar-refractivity contribution is 6.30. The summed E-state index contributed by atoms with van der Waals surface area (Å²) in [5.74, 6) is -0.366. The summed E-state index contributed by atoms with van der Waals surface area (Å²) in [6.45, 7) is 7.33. The second-order valence-corrected chi connectivity index (χ2v) is 7.53. The Hall–Kier alpha value is -2.08. The minimum absolute atomic E-state index is 0.315. The molecule has 1 heterocycles. The molecular weight excluding hydrogens is 342 g/mol. The molecule has 2 N–H and O–H groups in total. The summed E-state index contributed by atoms with van der Waals surface area (Å²) in [7, 11) is 0. The van der Waals surface area contributed by atoms with Gasteiger partial charge in [-0.25, -0.2) is 4.79 Å². The number of carbonyl (C=O) groups excluding carboxylic acids is 3. The Kier molecular flexibility index (Phi) is 5.72. The van der Waals surface area contributed by atoms with E-state index in [0.29, 0.717) is 23.0 Å². The molecule has 0 saturated carbocycles. The predicted octanol–water partition coefficient (Wildman–Crippen LogP) is 3.33. The highest BCUT2D eigenvalue weighted by Gasteiger charge is 2.47. The largest absolute Gasteiger partial charge is 0.325 e. The highest BCUT2D eigenvalue weighted by atomic mass is 35.5. The first-order valence-corrected chi connectivity index (χ1v) is 8.70. The summed E-state index contributed by atoms with van der Waals surface area (Å²) in [6, 6.07) is 4.56. The molecule has 7 heteroatoms. The lowest BCUT2D eigenvalue weighted by Crippen LogP contribution is -2.44. The second-order valence-electron chi connectivity index (χ2n) is 7.09. The second kappa shape index (κ2) is 7.44. The summed E-state index contributed by atoms with van der Waals surface area (Å²) in [4.78, 5) is 38.0. The topological polar surface area (TPSA) is 78.5 Å². The van der Waals surface area contributed by atoms with Crippen LogP contribution in [0.3, 0.4) is 0 Å². The summed E-state index contributed by atoms with van der Waals surface area (Å²) in [5, 5.41) is 6.00. The summed E-state index contributed by atoms with van der Waals surface area (Å²) in [6.07, 6.45) is 1.36. The molecule has 1 fully saturated rings. The molecule has 1 aromatic rings. The van der Waals surface area contributed by atoms with Gasteiger partial charge in [-0.15, -0.1) is 0 Å². The van der Waals surface area contributed by atoms with E-state index in [4.69, 9.17) is 11.6 Å². The number of anilines is 1. The molecule has 0 spiro atoms. The van der Waals surface area contributed by atoms with E-state index >= 15 is 0 Å². The third-order valence-electron chi connectivity index (χ3n) is 4.33. The Labute approximate surface area is 152 Å². The fraction of sp³-hybridized carbons (Fsp3) is 0.500. The van der Waals surface area contributed by atoms with E-state index in [0.717, 1.165) is 16.9 Å². The van der Waals surface area contributed by atoms with Crippen molar-refractivity contribution in [2.45, 2.75) is 46.1 Å². The van der Waals surface area contributed by atoms with Crippen molar-refractivity contribution >= 4 is 35.1 Å². The van der Waals surface area contributed by atoms with Gasteiger partial charge in [0.25, 0.3) is 5.91 Å². The molecule has 1 atom stereocenters. The average molecular weight is 366 g/mol. The van der Waals surface area contributed by atoms with Gasteiger partial charge in [-0.2, -0.15) is 0 Å². The van der Waals surface area contributed by atoms with Crippen molar-refractivity contribution in [1.82, 2.24) is 10.2 Å². The quantitative estimate of drug-likeness (QED) is 0.759. The molecule has 1 saturated heterocycles. The summed E-state index contributed by atoms with van der Waals surface area (Å²) < 4.78 is 0. The lowest BCUT2D eigenvalue weighted by Gasteiger charge is -2.22. The van der Waals surface area contributed by atoms with Crippen molar-refractivity contribution in [3.63, 3.8) is 0 Å². The van der Waals surface area contributed by atoms with E-state index in [1.54, 1.807) is 25.1 Å². The number of nitrogens with one attached hydrogen (secondary N) is 2. The zero-order valence-electron chi connectivity index (χ0n) is 15.0. The lowest BCUT2D eigenvalue weighted by molar-refractivity contribution is -0.133. The maximum atomic E-state index is 12.6. The molecule has 0 aliphatic carbocycles. The monoisotopic (exact) mass is 365 g/mol. The van der Waals surface area contributed by atoms with Crippen LogP contribution in [0.1, 0.15) is 39.2 Å². The van der Waals surface area contributed by atoms with E-state index in [2.05, 4.69) is 24.5 Å². The number of amides is 4. The molecule has 1 aromatic carbocycles. The first-order chi connectivity index (χ1) is 11.6. The molecule has 2 rings (SSSR count). The van der Waals surface area contributed by atoms with Crippen molar-refractivity contribution in [1.29, 1.82) is 0 Å². The number of urea groups is 1. The van der Waals surface area contributed by atoms with E-state index in [1.165, 1.54) is 0 Å². The molecular formula is C18H24ClN3O3. The van der Waals surface area contributed by atoms with Crippen molar-refractivity contribution in [3.8, 4) is 0 Å². The molecule has 136 valence electrons. The third kappa shape index (κ3) is 4.51. The van der Waals surface area contributed by atoms with E-state index in [1.807, 2.05) is 6.92 Å². The Morgan fingerprint density at radius 2 is 2.04 bits per heavy atom. The summed E-state index contributed by atoms with van der Waals surface area (Å²) in [5.41, 5.74) is 0.460. The van der Waals surface area contributed by atoms with Crippen LogP contribution in [0.5, 0.6) is 0 Å². The maximum Gasteiger partial charge on any atom is 0.325 e. The first kappa shape index (κ1) is 19.2. The normalized spacial score (nSPS) is 20.2. The minimum atomic E-state index is -0.947. The fourth-order valence-corrected chi connectivity index (χ4v) is 2.96. The zero-order valence-corrected chi connectivity index (χ0v) is 15.7. The van der Waals surface area contributed by atoms with Gasteiger partial charge < -0.3 is 10.6 Å². The van der Waals surface area contributed by atoms with Gasteiger partial charge >= 0.3 is 6.03 Å². The molecule has 0 radical (unpaired) electrons. The Bertz CT molecular complexity index is 705. The van der Waals surface area contributed by atoms with Crippen molar-refractivity contribution in [2.75, 3.05) is 11.9 Å². The first-order valence-electron chi connectivity index (χ1n) is 8.32. The van der Waals surface area contributed by atoms with Gasteiger partial charge in [0.2, 0.25) is 5.91 Å². The SMILES string of the molecule is Cc1cc(Cl)ccc1NC(=O)CN1C(=O)N[C@](C)(CCC(C)C)C1=O. The molecule has 0 aromatic heterocycles. The number of imide groups is 1. The van der Waals surface area contributed by atoms with Crippen LogP contribution in [-0.4, -0.2) is 34.8 Å². The third-order valence-corrected chi connectivity index (χ3v) is 4.57. The number of benzene rings is 1. The van der Waals surface area contributed by atoms with Crippen molar-refractivity contribution < 1.29 is 14.4 Å². The number of hydrogen-bond donors (Lipinski definition) is 2. The predicted molar refractivity (Wildman–Crippen MR) is 97.5 cm³/mol. The molecule has 0 unspecified atom stereocenters. The highest BCUT2D eigenvalue weighted by Crippen LogP contribution is 2.25. The fourth-order valence-electron chi connectivity index (χ4n) is 2.74. The van der Waals surface area contributed by atoms with Gasteiger partial charge in [0, 0.05) is 10.7 Å². The van der Waals surface area contributed by atoms with Crippen LogP contribution in [0.25, 0.3) is 0 Å². The number of hydrogen-bond acceptors (Lipinski definition) is 3. The van der Waals surface area contributed by atoms with Crippen LogP contribution < -0.4 is 10.6 Å². The molecule has 0 bridgehead atoms. The average Bonchev–Trinajstić information content (AvgIpc) is 2.72. The van der Waals surface area contributed by atoms with Crippen molar-refractivity contribution in [2.24, 2.45) is 5.92 Å². The van der Waals surface area contributed by atoms with Crippen LogP contribution in [0, 0.1) is 12.8 Å². The Morgan fingerprint density at radius 3 is 2.64 bits per heavy atom. The number of halogens is 1. The number of aryl methyl sites for hydroxylation is 1. The van der Waals surface area contributed by atoms with Crippen molar-refractivity contribution in [3.05, 3.63) is 28.8 Å². The number of carbonyl (C=O) groups is 3. The van der Waals surface area contributed by atoms with Crippen LogP contribution in [0.15, 0.2) is 18.2 Å². The Balaban J connectivity index is 2.03. The van der Waals surface area contributed by atoms with Crippen LogP contribution >= 0.6 is 11.6 Å². The smallest absolute Gasteiger partial charge is 0.324 e. The molecule has 1 aliphatic rings. The number of rotatable bonds is 6. The van der Waals surface area contributed by atoms with Gasteiger partial charge in [0.05, 0.1) is 0 Å². The van der Waals surface area contributed by atoms with Gasteiger partial charge in [0.1, 0.15) is 12.1 Å². The molecule has 4 amide bonds. The molecule has 1 aliphatic heterocycles. The molecule has 25 heavy (non-hydrogen) atoms. The van der Waals surface area contributed by atoms with Gasteiger partial charge in [-0.1, -0.05) is 25.4 Å². The van der Waals surface area contributed by atoms with Gasteiger partial charge in [-0.3, -0.25) is 14.5 Å². The summed E-state index contributed by atoms with van der Waals surface area (Å²) >= 11 is 5.89. The Morgan fingerprint density at radius 1 is 1.36 bits per heavy atom. The lowest BCUT2D eigenvalue weighted by atomic mass is 9.92. The zero-order chi connectivity index (χ0) is 18.8. The van der Waals surface area contributed by atoms with E-state index in [-0.39, 0.29) is 12.5 Å². The van der Waals surface area contributed by atoms with Gasteiger partial charge in [-0.05, 0) is 56.4 Å². The van der Waals surface area contributed by atoms with Crippen LogP contribution in [-0.2, 0) is 9.59 Å². The van der Waals surface area contributed by atoms with E-state index < -0.39 is 17.5 Å². The standard InChI is InChI=1S/C18H24ClN3O3/c1-11(2)7-8-18(4)16(24)22(17(25)21-18)10-15(23)20-14-6-5-13(19)9-12(14)3/h5-6,9,11H,7-8,10H2,1-4H3,(H,20,23)(H,21,25)/t18-/m1/s1. The minimum Gasteiger partial charge on any atom is -0.324 e. The van der Waals surface area contributed by atoms with Crippen LogP contribution in [0.2, 0.25) is 5.02 Å². The number of nitrogens with zero attached hydrogens (tertiary/aromatic N) is 1. The van der Waals surface area contributed by atoms with E-state index in [9.17, 15) is 14.4 Å². The molecule has 6 nitrogen and oxygen atoms in total. The maximum absolute atomic E-state index is 12.6. The van der Waals surface area contributed by atoms with Crippen LogP contribution in [0.4, 0.5) is 10.5 Å².